The number of nitrogens with one attached hydrogen (secondary N) is 2. The Kier molecular flexibility index (Phi) is 10.8. The number of hydrogen-bond acceptors (Lipinski definition) is 7. The number of halogens is 1. The molecule has 0 aliphatic carbocycles. The van der Waals surface area contributed by atoms with Crippen molar-refractivity contribution in [3.63, 3.8) is 0 Å². The molecule has 0 radical (unpaired) electrons. The molecule has 1 aromatic rings. The van der Waals surface area contributed by atoms with Crippen molar-refractivity contribution < 1.29 is 37.8 Å². The standard InChI is InChI=1S/C21H28FN3O7/c1-4-31-17(27)11-15(21(30)32-5-2)18(19(23)28)25-20(29)16(24-12(3)26)10-13-6-8-14(22)9-7-13/h6-9,15-16,18H,4-5,10-11H2,1-3H3,(H2,23,28)(H,24,26)(H,25,29)/t15-,16+,18+/m0/s1. The number of esters is 2. The zero-order valence-electron chi connectivity index (χ0n) is 18.2. The monoisotopic (exact) mass is 453 g/mol. The molecule has 0 fully saturated rings. The summed E-state index contributed by atoms with van der Waals surface area (Å²) in [5.41, 5.74) is 5.93. The van der Waals surface area contributed by atoms with Crippen molar-refractivity contribution >= 4 is 29.7 Å². The normalized spacial score (nSPS) is 13.2. The van der Waals surface area contributed by atoms with E-state index < -0.39 is 59.9 Å². The van der Waals surface area contributed by atoms with Gasteiger partial charge in [-0.1, -0.05) is 12.1 Å². The van der Waals surface area contributed by atoms with Gasteiger partial charge in [0, 0.05) is 13.3 Å². The molecular weight excluding hydrogens is 425 g/mol. The molecule has 176 valence electrons. The van der Waals surface area contributed by atoms with Gasteiger partial charge in [-0.25, -0.2) is 4.39 Å². The number of rotatable bonds is 12. The highest BCUT2D eigenvalue weighted by atomic mass is 19.1. The summed E-state index contributed by atoms with van der Waals surface area (Å²) in [5.74, 6) is -6.04. The molecule has 32 heavy (non-hydrogen) atoms. The molecule has 0 aromatic heterocycles. The lowest BCUT2D eigenvalue weighted by Gasteiger charge is -2.26. The fraction of sp³-hybridized carbons (Fsp3) is 0.476. The summed E-state index contributed by atoms with van der Waals surface area (Å²) in [7, 11) is 0. The molecule has 0 aliphatic heterocycles. The molecule has 3 atom stereocenters. The summed E-state index contributed by atoms with van der Waals surface area (Å²) in [5, 5.41) is 4.77. The van der Waals surface area contributed by atoms with Crippen molar-refractivity contribution in [1.29, 1.82) is 0 Å². The van der Waals surface area contributed by atoms with Gasteiger partial charge in [0.25, 0.3) is 0 Å². The van der Waals surface area contributed by atoms with Crippen molar-refractivity contribution in [2.24, 2.45) is 11.7 Å². The molecule has 11 heteroatoms. The first-order chi connectivity index (χ1) is 15.1. The van der Waals surface area contributed by atoms with Crippen molar-refractivity contribution in [3.05, 3.63) is 35.6 Å². The summed E-state index contributed by atoms with van der Waals surface area (Å²) in [6.45, 7) is 4.31. The Bertz CT molecular complexity index is 829. The molecule has 3 amide bonds. The molecule has 0 aliphatic rings. The SMILES string of the molecule is CCOC(=O)C[C@H](C(=O)OCC)[C@@H](NC(=O)[C@@H](Cc1ccc(F)cc1)NC(C)=O)C(N)=O. The fourth-order valence-electron chi connectivity index (χ4n) is 2.92. The van der Waals surface area contributed by atoms with E-state index in [0.717, 1.165) is 0 Å². The molecule has 0 spiro atoms. The Morgan fingerprint density at radius 2 is 1.59 bits per heavy atom. The molecule has 0 saturated heterocycles. The van der Waals surface area contributed by atoms with Crippen molar-refractivity contribution in [2.75, 3.05) is 13.2 Å². The zero-order chi connectivity index (χ0) is 24.3. The number of primary amides is 1. The molecule has 0 bridgehead atoms. The predicted octanol–water partition coefficient (Wildman–Crippen LogP) is -0.0245. The highest BCUT2D eigenvalue weighted by Crippen LogP contribution is 2.15. The van der Waals surface area contributed by atoms with Crippen LogP contribution in [0, 0.1) is 11.7 Å². The summed E-state index contributed by atoms with van der Waals surface area (Å²) in [6.07, 6.45) is -0.581. The zero-order valence-corrected chi connectivity index (χ0v) is 18.2. The van der Waals surface area contributed by atoms with Crippen LogP contribution in [0.4, 0.5) is 4.39 Å². The fourth-order valence-corrected chi connectivity index (χ4v) is 2.92. The third kappa shape index (κ3) is 8.70. The number of carbonyl (C=O) groups excluding carboxylic acids is 5. The maximum absolute atomic E-state index is 13.2. The van der Waals surface area contributed by atoms with E-state index in [9.17, 15) is 28.4 Å². The third-order valence-electron chi connectivity index (χ3n) is 4.33. The van der Waals surface area contributed by atoms with E-state index in [1.165, 1.54) is 38.1 Å². The van der Waals surface area contributed by atoms with Crippen molar-refractivity contribution in [1.82, 2.24) is 10.6 Å². The molecule has 0 heterocycles. The van der Waals surface area contributed by atoms with Crippen LogP contribution in [-0.4, -0.2) is 55.0 Å². The van der Waals surface area contributed by atoms with Crippen LogP contribution in [0.2, 0.25) is 0 Å². The molecule has 10 nitrogen and oxygen atoms in total. The number of amides is 3. The van der Waals surface area contributed by atoms with Gasteiger partial charge in [-0.3, -0.25) is 24.0 Å². The Balaban J connectivity index is 3.13. The summed E-state index contributed by atoms with van der Waals surface area (Å²) in [4.78, 5) is 60.9. The first-order valence-electron chi connectivity index (χ1n) is 10.0. The lowest BCUT2D eigenvalue weighted by atomic mass is 9.94. The van der Waals surface area contributed by atoms with Crippen LogP contribution in [0.25, 0.3) is 0 Å². The van der Waals surface area contributed by atoms with E-state index in [-0.39, 0.29) is 19.6 Å². The Labute approximate surface area is 185 Å². The first-order valence-corrected chi connectivity index (χ1v) is 10.0. The quantitative estimate of drug-likeness (QED) is 0.376. The van der Waals surface area contributed by atoms with Gasteiger partial charge >= 0.3 is 11.9 Å². The van der Waals surface area contributed by atoms with Gasteiger partial charge in [-0.15, -0.1) is 0 Å². The second kappa shape index (κ2) is 13.0. The van der Waals surface area contributed by atoms with Gasteiger partial charge < -0.3 is 25.8 Å². The molecule has 0 saturated carbocycles. The number of carbonyl (C=O) groups is 5. The second-order valence-corrected chi connectivity index (χ2v) is 6.84. The largest absolute Gasteiger partial charge is 0.466 e. The minimum Gasteiger partial charge on any atom is -0.466 e. The maximum atomic E-state index is 13.2. The van der Waals surface area contributed by atoms with Crippen LogP contribution in [0.15, 0.2) is 24.3 Å². The average molecular weight is 453 g/mol. The van der Waals surface area contributed by atoms with E-state index in [2.05, 4.69) is 10.6 Å². The molecule has 1 rings (SSSR count). The lowest BCUT2D eigenvalue weighted by Crippen LogP contribution is -2.57. The molecular formula is C21H28FN3O7. The second-order valence-electron chi connectivity index (χ2n) is 6.84. The van der Waals surface area contributed by atoms with E-state index in [0.29, 0.717) is 5.56 Å². The van der Waals surface area contributed by atoms with Gasteiger partial charge in [0.2, 0.25) is 17.7 Å². The van der Waals surface area contributed by atoms with Gasteiger partial charge in [-0.05, 0) is 31.5 Å². The predicted molar refractivity (Wildman–Crippen MR) is 110 cm³/mol. The molecule has 1 aromatic carbocycles. The van der Waals surface area contributed by atoms with Crippen molar-refractivity contribution in [3.8, 4) is 0 Å². The Morgan fingerprint density at radius 3 is 2.09 bits per heavy atom. The van der Waals surface area contributed by atoms with Crippen LogP contribution in [0.1, 0.15) is 32.8 Å². The smallest absolute Gasteiger partial charge is 0.312 e. The maximum Gasteiger partial charge on any atom is 0.312 e. The highest BCUT2D eigenvalue weighted by Gasteiger charge is 2.38. The van der Waals surface area contributed by atoms with E-state index in [1.807, 2.05) is 0 Å². The van der Waals surface area contributed by atoms with E-state index in [4.69, 9.17) is 15.2 Å². The topological polar surface area (TPSA) is 154 Å². The lowest BCUT2D eigenvalue weighted by molar-refractivity contribution is -0.157. The van der Waals surface area contributed by atoms with Crippen LogP contribution in [-0.2, 0) is 39.9 Å². The van der Waals surface area contributed by atoms with Crippen LogP contribution in [0.3, 0.4) is 0 Å². The van der Waals surface area contributed by atoms with Gasteiger partial charge in [0.05, 0.1) is 25.6 Å². The minimum absolute atomic E-state index is 0.0286. The third-order valence-corrected chi connectivity index (χ3v) is 4.33. The van der Waals surface area contributed by atoms with Gasteiger partial charge in [0.1, 0.15) is 17.9 Å². The Hall–Kier alpha value is -3.50. The summed E-state index contributed by atoms with van der Waals surface area (Å²) < 4.78 is 22.9. The van der Waals surface area contributed by atoms with Gasteiger partial charge in [-0.2, -0.15) is 0 Å². The summed E-state index contributed by atoms with van der Waals surface area (Å²) >= 11 is 0. The number of hydrogen-bond donors (Lipinski definition) is 3. The van der Waals surface area contributed by atoms with Crippen LogP contribution < -0.4 is 16.4 Å². The number of ether oxygens (including phenoxy) is 2. The highest BCUT2D eigenvalue weighted by molar-refractivity contribution is 5.95. The van der Waals surface area contributed by atoms with Crippen LogP contribution in [0.5, 0.6) is 0 Å². The van der Waals surface area contributed by atoms with E-state index in [1.54, 1.807) is 6.92 Å². The minimum atomic E-state index is -1.60. The molecule has 0 unspecified atom stereocenters. The van der Waals surface area contributed by atoms with E-state index >= 15 is 0 Å². The number of benzene rings is 1. The first kappa shape index (κ1) is 26.5. The number of nitrogens with two attached hydrogens (primary N) is 1. The van der Waals surface area contributed by atoms with Crippen molar-refractivity contribution in [2.45, 2.75) is 45.7 Å². The van der Waals surface area contributed by atoms with Gasteiger partial charge in [0.15, 0.2) is 0 Å². The average Bonchev–Trinajstić information content (AvgIpc) is 2.71. The summed E-state index contributed by atoms with van der Waals surface area (Å²) in [6, 6.07) is 2.50. The molecule has 4 N–H and O–H groups in total. The Morgan fingerprint density at radius 1 is 1.00 bits per heavy atom. The van der Waals surface area contributed by atoms with Crippen LogP contribution >= 0.6 is 0 Å².